The molecule has 0 fully saturated rings. The third-order valence-electron chi connectivity index (χ3n) is 3.20. The van der Waals surface area contributed by atoms with Crippen molar-refractivity contribution in [2.24, 2.45) is 4.99 Å². The Hall–Kier alpha value is -2.09. The molecule has 0 aliphatic carbocycles. The molecule has 2 aromatic rings. The molecule has 0 aliphatic rings. The molecule has 0 atom stereocenters. The van der Waals surface area contributed by atoms with Crippen LogP contribution in [-0.4, -0.2) is 11.3 Å². The topological polar surface area (TPSA) is 32.6 Å². The fourth-order valence-corrected chi connectivity index (χ4v) is 2.14. The molecule has 2 heteroatoms. The second-order valence-corrected chi connectivity index (χ2v) is 6.09. The van der Waals surface area contributed by atoms with Gasteiger partial charge in [0, 0.05) is 17.3 Å². The summed E-state index contributed by atoms with van der Waals surface area (Å²) in [5.74, 6) is 0.322. The molecule has 2 aromatic carbocycles. The smallest absolute Gasteiger partial charge is 0.128 e. The van der Waals surface area contributed by atoms with E-state index < -0.39 is 0 Å². The number of para-hydroxylation sites is 1. The predicted molar refractivity (Wildman–Crippen MR) is 85.2 cm³/mol. The number of hydrogen-bond donors (Lipinski definition) is 1. The number of aryl methyl sites for hydroxylation is 1. The van der Waals surface area contributed by atoms with Crippen molar-refractivity contribution in [1.29, 1.82) is 0 Å². The minimum absolute atomic E-state index is 0.0918. The Morgan fingerprint density at radius 1 is 1.05 bits per heavy atom. The van der Waals surface area contributed by atoms with Crippen LogP contribution in [0, 0.1) is 6.92 Å². The summed E-state index contributed by atoms with van der Waals surface area (Å²) in [5.41, 5.74) is 3.63. The van der Waals surface area contributed by atoms with Gasteiger partial charge in [-0.1, -0.05) is 45.0 Å². The Labute approximate surface area is 120 Å². The van der Waals surface area contributed by atoms with Gasteiger partial charge in [0.05, 0.1) is 5.69 Å². The molecule has 0 saturated heterocycles. The van der Waals surface area contributed by atoms with Gasteiger partial charge in [0.25, 0.3) is 0 Å². The first-order valence-corrected chi connectivity index (χ1v) is 6.81. The monoisotopic (exact) mass is 267 g/mol. The maximum absolute atomic E-state index is 10.4. The van der Waals surface area contributed by atoms with Crippen molar-refractivity contribution in [1.82, 2.24) is 0 Å². The van der Waals surface area contributed by atoms with Crippen LogP contribution in [0.3, 0.4) is 0 Å². The number of phenolic OH excluding ortho intramolecular Hbond substituents is 1. The second-order valence-electron chi connectivity index (χ2n) is 6.09. The van der Waals surface area contributed by atoms with Crippen LogP contribution in [0.2, 0.25) is 0 Å². The van der Waals surface area contributed by atoms with Crippen LogP contribution in [0.5, 0.6) is 5.75 Å². The highest BCUT2D eigenvalue weighted by molar-refractivity contribution is 5.86. The lowest BCUT2D eigenvalue weighted by molar-refractivity contribution is 0.445. The van der Waals surface area contributed by atoms with Gasteiger partial charge in [-0.05, 0) is 36.1 Å². The highest BCUT2D eigenvalue weighted by atomic mass is 16.3. The molecular formula is C18H21NO. The van der Waals surface area contributed by atoms with Crippen molar-refractivity contribution in [3.8, 4) is 5.75 Å². The fourth-order valence-electron chi connectivity index (χ4n) is 2.14. The number of benzene rings is 2. The Kier molecular flexibility index (Phi) is 3.93. The second kappa shape index (κ2) is 5.49. The molecule has 0 heterocycles. The van der Waals surface area contributed by atoms with Gasteiger partial charge in [0.2, 0.25) is 0 Å². The molecule has 0 aliphatic heterocycles. The van der Waals surface area contributed by atoms with Crippen LogP contribution in [0.1, 0.15) is 37.5 Å². The van der Waals surface area contributed by atoms with E-state index in [-0.39, 0.29) is 5.41 Å². The quantitative estimate of drug-likeness (QED) is 0.782. The molecular weight excluding hydrogens is 246 g/mol. The minimum atomic E-state index is -0.0918. The molecule has 0 bridgehead atoms. The molecule has 2 nitrogen and oxygen atoms in total. The van der Waals surface area contributed by atoms with Crippen LogP contribution < -0.4 is 0 Å². The van der Waals surface area contributed by atoms with E-state index in [1.165, 1.54) is 0 Å². The van der Waals surface area contributed by atoms with Crippen molar-refractivity contribution >= 4 is 11.9 Å². The third-order valence-corrected chi connectivity index (χ3v) is 3.20. The van der Waals surface area contributed by atoms with Crippen molar-refractivity contribution in [3.63, 3.8) is 0 Å². The van der Waals surface area contributed by atoms with E-state index in [9.17, 15) is 5.11 Å². The first-order valence-electron chi connectivity index (χ1n) is 6.81. The Bertz CT molecular complexity index is 622. The number of aliphatic imine (C=N–C) groups is 1. The van der Waals surface area contributed by atoms with Crippen LogP contribution in [0.4, 0.5) is 5.69 Å². The largest absolute Gasteiger partial charge is 0.507 e. The predicted octanol–water partition coefficient (Wildman–Crippen LogP) is 4.75. The highest BCUT2D eigenvalue weighted by Crippen LogP contribution is 2.33. The molecule has 0 saturated carbocycles. The van der Waals surface area contributed by atoms with Gasteiger partial charge < -0.3 is 5.11 Å². The van der Waals surface area contributed by atoms with Crippen molar-refractivity contribution in [2.45, 2.75) is 33.1 Å². The number of nitrogens with zero attached hydrogens (tertiary/aromatic N) is 1. The zero-order chi connectivity index (χ0) is 14.8. The Balaban J connectivity index is 2.43. The van der Waals surface area contributed by atoms with Crippen molar-refractivity contribution in [3.05, 3.63) is 59.2 Å². The lowest BCUT2D eigenvalue weighted by Crippen LogP contribution is -2.12. The molecule has 0 spiro atoms. The standard InChI is InChI=1S/C18H21NO/c1-13-10-14(12-19-15-8-6-5-7-9-15)17(20)16(11-13)18(2,3)4/h5-12,20H,1-4H3/b19-12+. The summed E-state index contributed by atoms with van der Waals surface area (Å²) in [6, 6.07) is 13.7. The number of phenols is 1. The number of hydrogen-bond acceptors (Lipinski definition) is 2. The lowest BCUT2D eigenvalue weighted by atomic mass is 9.84. The summed E-state index contributed by atoms with van der Waals surface area (Å²) in [6.07, 6.45) is 1.73. The highest BCUT2D eigenvalue weighted by Gasteiger charge is 2.20. The molecule has 0 radical (unpaired) electrons. The summed E-state index contributed by atoms with van der Waals surface area (Å²) >= 11 is 0. The van der Waals surface area contributed by atoms with Gasteiger partial charge in [-0.2, -0.15) is 0 Å². The van der Waals surface area contributed by atoms with Crippen molar-refractivity contribution in [2.75, 3.05) is 0 Å². The van der Waals surface area contributed by atoms with Gasteiger partial charge in [-0.25, -0.2) is 0 Å². The summed E-state index contributed by atoms with van der Waals surface area (Å²) in [6.45, 7) is 8.33. The maximum atomic E-state index is 10.4. The molecule has 0 amide bonds. The van der Waals surface area contributed by atoms with Crippen LogP contribution in [0.25, 0.3) is 0 Å². The normalized spacial score (nSPS) is 12.0. The molecule has 2 rings (SSSR count). The lowest BCUT2D eigenvalue weighted by Gasteiger charge is -2.22. The van der Waals surface area contributed by atoms with E-state index in [0.29, 0.717) is 5.75 Å². The van der Waals surface area contributed by atoms with E-state index in [2.05, 4.69) is 25.8 Å². The minimum Gasteiger partial charge on any atom is -0.507 e. The zero-order valence-electron chi connectivity index (χ0n) is 12.5. The van der Waals surface area contributed by atoms with E-state index in [1.807, 2.05) is 49.4 Å². The van der Waals surface area contributed by atoms with Gasteiger partial charge >= 0.3 is 0 Å². The van der Waals surface area contributed by atoms with E-state index >= 15 is 0 Å². The Morgan fingerprint density at radius 2 is 1.70 bits per heavy atom. The number of aromatic hydroxyl groups is 1. The molecule has 20 heavy (non-hydrogen) atoms. The van der Waals surface area contributed by atoms with E-state index in [4.69, 9.17) is 0 Å². The average Bonchev–Trinajstić information content (AvgIpc) is 2.39. The third kappa shape index (κ3) is 3.27. The first kappa shape index (κ1) is 14.3. The summed E-state index contributed by atoms with van der Waals surface area (Å²) in [5, 5.41) is 10.4. The summed E-state index contributed by atoms with van der Waals surface area (Å²) in [7, 11) is 0. The fraction of sp³-hybridized carbons (Fsp3) is 0.278. The van der Waals surface area contributed by atoms with E-state index in [1.54, 1.807) is 6.21 Å². The maximum Gasteiger partial charge on any atom is 0.128 e. The van der Waals surface area contributed by atoms with Crippen LogP contribution in [-0.2, 0) is 5.41 Å². The van der Waals surface area contributed by atoms with E-state index in [0.717, 1.165) is 22.4 Å². The SMILES string of the molecule is Cc1cc(/C=N/c2ccccc2)c(O)c(C(C)(C)C)c1. The molecule has 104 valence electrons. The van der Waals surface area contributed by atoms with Gasteiger partial charge in [0.15, 0.2) is 0 Å². The average molecular weight is 267 g/mol. The van der Waals surface area contributed by atoms with Crippen molar-refractivity contribution < 1.29 is 5.11 Å². The molecule has 1 N–H and O–H groups in total. The van der Waals surface area contributed by atoms with Gasteiger partial charge in [-0.3, -0.25) is 4.99 Å². The van der Waals surface area contributed by atoms with Crippen LogP contribution in [0.15, 0.2) is 47.5 Å². The summed E-state index contributed by atoms with van der Waals surface area (Å²) < 4.78 is 0. The van der Waals surface area contributed by atoms with Crippen LogP contribution >= 0.6 is 0 Å². The first-order chi connectivity index (χ1) is 9.38. The molecule has 0 aromatic heterocycles. The van der Waals surface area contributed by atoms with Gasteiger partial charge in [0.1, 0.15) is 5.75 Å². The van der Waals surface area contributed by atoms with Gasteiger partial charge in [-0.15, -0.1) is 0 Å². The Morgan fingerprint density at radius 3 is 2.30 bits per heavy atom. The molecule has 0 unspecified atom stereocenters. The zero-order valence-corrected chi connectivity index (χ0v) is 12.5. The summed E-state index contributed by atoms with van der Waals surface area (Å²) in [4.78, 5) is 4.42. The number of rotatable bonds is 2.